The van der Waals surface area contributed by atoms with Crippen molar-refractivity contribution in [1.82, 2.24) is 0 Å². The molecule has 0 atom stereocenters. The van der Waals surface area contributed by atoms with Gasteiger partial charge in [0.15, 0.2) is 0 Å². The van der Waals surface area contributed by atoms with Crippen LogP contribution in [0.2, 0.25) is 0 Å². The number of halogens is 1. The van der Waals surface area contributed by atoms with Gasteiger partial charge >= 0.3 is 0 Å². The molecule has 0 unspecified atom stereocenters. The third-order valence-corrected chi connectivity index (χ3v) is 2.54. The molecule has 0 aromatic heterocycles. The molecule has 0 fully saturated rings. The Balaban J connectivity index is 2.72. The van der Waals surface area contributed by atoms with Gasteiger partial charge in [0.2, 0.25) is 0 Å². The van der Waals surface area contributed by atoms with E-state index in [1.807, 2.05) is 0 Å². The first-order valence-electron chi connectivity index (χ1n) is 4.48. The summed E-state index contributed by atoms with van der Waals surface area (Å²) in [5.74, 6) is 0. The zero-order valence-corrected chi connectivity index (χ0v) is 9.89. The summed E-state index contributed by atoms with van der Waals surface area (Å²) in [7, 11) is 0. The summed E-state index contributed by atoms with van der Waals surface area (Å²) in [6.07, 6.45) is 3.82. The average molecular weight is 274 g/mol. The Morgan fingerprint density at radius 3 is 2.58 bits per heavy atom. The Morgan fingerprint density at radius 2 is 2.00 bits per heavy atom. The van der Waals surface area contributed by atoms with Crippen LogP contribution in [0, 0.1) is 10.5 Å². The zero-order valence-electron chi connectivity index (χ0n) is 7.73. The zero-order chi connectivity index (χ0) is 8.97. The number of rotatable bonds is 3. The van der Waals surface area contributed by atoms with Crippen LogP contribution in [-0.4, -0.2) is 0 Å². The molecule has 0 amide bonds. The van der Waals surface area contributed by atoms with Crippen molar-refractivity contribution in [2.24, 2.45) is 0 Å². The van der Waals surface area contributed by atoms with Crippen molar-refractivity contribution in [3.8, 4) is 0 Å². The summed E-state index contributed by atoms with van der Waals surface area (Å²) in [5, 5.41) is 0. The molecular weight excluding hydrogens is 259 g/mol. The number of unbranched alkanes of at least 4 members (excludes halogenated alkanes) is 1. The summed E-state index contributed by atoms with van der Waals surface area (Å²) >= 11 is 2.38. The molecule has 1 aromatic carbocycles. The molecule has 0 bridgehead atoms. The van der Waals surface area contributed by atoms with E-state index in [0.29, 0.717) is 0 Å². The van der Waals surface area contributed by atoms with Crippen LogP contribution in [0.1, 0.15) is 30.9 Å². The van der Waals surface area contributed by atoms with Crippen LogP contribution in [0.3, 0.4) is 0 Å². The molecule has 0 spiro atoms. The molecule has 0 nitrogen and oxygen atoms in total. The molecule has 0 aliphatic rings. The van der Waals surface area contributed by atoms with Crippen LogP contribution >= 0.6 is 22.6 Å². The number of hydrogen-bond acceptors (Lipinski definition) is 0. The second-order valence-electron chi connectivity index (χ2n) is 3.24. The van der Waals surface area contributed by atoms with Gasteiger partial charge in [-0.25, -0.2) is 0 Å². The molecule has 0 N–H and O–H groups in total. The summed E-state index contributed by atoms with van der Waals surface area (Å²) in [6.45, 7) is 4.40. The van der Waals surface area contributed by atoms with Gasteiger partial charge in [-0.3, -0.25) is 0 Å². The van der Waals surface area contributed by atoms with E-state index in [-0.39, 0.29) is 0 Å². The minimum Gasteiger partial charge on any atom is -0.0654 e. The van der Waals surface area contributed by atoms with Gasteiger partial charge in [0.1, 0.15) is 0 Å². The highest BCUT2D eigenvalue weighted by atomic mass is 127. The lowest BCUT2D eigenvalue weighted by atomic mass is 10.1. The summed E-state index contributed by atoms with van der Waals surface area (Å²) in [5.41, 5.74) is 2.87. The highest BCUT2D eigenvalue weighted by Gasteiger charge is 1.95. The van der Waals surface area contributed by atoms with E-state index >= 15 is 0 Å². The molecule has 0 saturated carbocycles. The van der Waals surface area contributed by atoms with Gasteiger partial charge in [0.25, 0.3) is 0 Å². The van der Waals surface area contributed by atoms with Crippen molar-refractivity contribution in [3.63, 3.8) is 0 Å². The van der Waals surface area contributed by atoms with Crippen molar-refractivity contribution in [3.05, 3.63) is 32.9 Å². The predicted molar refractivity (Wildman–Crippen MR) is 62.5 cm³/mol. The van der Waals surface area contributed by atoms with Crippen molar-refractivity contribution < 1.29 is 0 Å². The van der Waals surface area contributed by atoms with Gasteiger partial charge in [0, 0.05) is 3.57 Å². The number of hydrogen-bond donors (Lipinski definition) is 0. The van der Waals surface area contributed by atoms with Gasteiger partial charge in [-0.15, -0.1) is 0 Å². The van der Waals surface area contributed by atoms with E-state index < -0.39 is 0 Å². The quantitative estimate of drug-likeness (QED) is 0.732. The van der Waals surface area contributed by atoms with E-state index in [1.165, 1.54) is 34.0 Å². The van der Waals surface area contributed by atoms with Crippen LogP contribution in [0.25, 0.3) is 0 Å². The molecule has 0 heterocycles. The fourth-order valence-corrected chi connectivity index (χ4v) is 2.23. The lowest BCUT2D eigenvalue weighted by Crippen LogP contribution is -1.87. The Hall–Kier alpha value is -0.0500. The standard InChI is InChI=1S/C11H15I/c1-3-4-5-10-6-9(2)7-11(12)8-10/h6-8H,3-5H2,1-2H3. The monoisotopic (exact) mass is 274 g/mol. The lowest BCUT2D eigenvalue weighted by molar-refractivity contribution is 0.794. The molecule has 1 aromatic rings. The van der Waals surface area contributed by atoms with Crippen LogP contribution < -0.4 is 0 Å². The highest BCUT2D eigenvalue weighted by Crippen LogP contribution is 2.13. The van der Waals surface area contributed by atoms with Crippen molar-refractivity contribution >= 4 is 22.6 Å². The third-order valence-electron chi connectivity index (χ3n) is 1.92. The van der Waals surface area contributed by atoms with Gasteiger partial charge in [-0.2, -0.15) is 0 Å². The van der Waals surface area contributed by atoms with Crippen molar-refractivity contribution in [2.75, 3.05) is 0 Å². The fourth-order valence-electron chi connectivity index (χ4n) is 1.34. The maximum Gasteiger partial charge on any atom is 0.0135 e. The fraction of sp³-hybridized carbons (Fsp3) is 0.455. The van der Waals surface area contributed by atoms with Gasteiger partial charge in [0.05, 0.1) is 0 Å². The maximum atomic E-state index is 2.38. The first-order valence-corrected chi connectivity index (χ1v) is 5.56. The normalized spacial score (nSPS) is 10.2. The average Bonchev–Trinajstić information content (AvgIpc) is 1.99. The second-order valence-corrected chi connectivity index (χ2v) is 4.49. The summed E-state index contributed by atoms with van der Waals surface area (Å²) in [4.78, 5) is 0. The first kappa shape index (κ1) is 10.0. The minimum absolute atomic E-state index is 1.23. The smallest absolute Gasteiger partial charge is 0.0135 e. The molecular formula is C11H15I. The third kappa shape index (κ3) is 3.13. The maximum absolute atomic E-state index is 2.38. The van der Waals surface area contributed by atoms with E-state index in [2.05, 4.69) is 54.6 Å². The van der Waals surface area contributed by atoms with Crippen LogP contribution in [-0.2, 0) is 6.42 Å². The van der Waals surface area contributed by atoms with Crippen LogP contribution in [0.4, 0.5) is 0 Å². The number of aryl methyl sites for hydroxylation is 2. The van der Waals surface area contributed by atoms with Crippen LogP contribution in [0.5, 0.6) is 0 Å². The molecule has 1 rings (SSSR count). The molecule has 0 saturated heterocycles. The Kier molecular flexibility index (Phi) is 4.06. The molecule has 0 aliphatic carbocycles. The van der Waals surface area contributed by atoms with Gasteiger partial charge in [-0.1, -0.05) is 19.4 Å². The Bertz CT molecular complexity index is 233. The second kappa shape index (κ2) is 4.85. The Labute approximate surface area is 88.5 Å². The SMILES string of the molecule is CCCCc1cc(C)cc(I)c1. The topological polar surface area (TPSA) is 0 Å². The van der Waals surface area contributed by atoms with Gasteiger partial charge in [-0.05, 0) is 65.6 Å². The molecule has 1 heteroatoms. The van der Waals surface area contributed by atoms with Crippen molar-refractivity contribution in [2.45, 2.75) is 33.1 Å². The lowest BCUT2D eigenvalue weighted by Gasteiger charge is -2.02. The van der Waals surface area contributed by atoms with E-state index in [9.17, 15) is 0 Å². The largest absolute Gasteiger partial charge is 0.0654 e. The number of benzene rings is 1. The summed E-state index contributed by atoms with van der Waals surface area (Å²) < 4.78 is 1.36. The minimum atomic E-state index is 1.23. The van der Waals surface area contributed by atoms with Crippen molar-refractivity contribution in [1.29, 1.82) is 0 Å². The Morgan fingerprint density at radius 1 is 1.25 bits per heavy atom. The molecule has 0 aliphatic heterocycles. The van der Waals surface area contributed by atoms with Crippen LogP contribution in [0.15, 0.2) is 18.2 Å². The van der Waals surface area contributed by atoms with E-state index in [4.69, 9.17) is 0 Å². The predicted octanol–water partition coefficient (Wildman–Crippen LogP) is 3.94. The molecule has 0 radical (unpaired) electrons. The molecule has 12 heavy (non-hydrogen) atoms. The highest BCUT2D eigenvalue weighted by molar-refractivity contribution is 14.1. The van der Waals surface area contributed by atoms with E-state index in [1.54, 1.807) is 0 Å². The molecule has 66 valence electrons. The summed E-state index contributed by atoms with van der Waals surface area (Å²) in [6, 6.07) is 6.79. The van der Waals surface area contributed by atoms with E-state index in [0.717, 1.165) is 0 Å². The van der Waals surface area contributed by atoms with Gasteiger partial charge < -0.3 is 0 Å². The first-order chi connectivity index (χ1) is 5.72.